The number of hydrogen-bond donors (Lipinski definition) is 0. The highest BCUT2D eigenvalue weighted by molar-refractivity contribution is 6.31. The molecule has 0 aliphatic heterocycles. The van der Waals surface area contributed by atoms with E-state index in [-0.39, 0.29) is 12.6 Å². The maximum absolute atomic E-state index is 11.6. The molecular weight excluding hydrogens is 424 g/mol. The minimum Gasteiger partial charge on any atom is -0.320 e. The highest BCUT2D eigenvalue weighted by Gasteiger charge is 2.16. The predicted octanol–water partition coefficient (Wildman–Crippen LogP) is 5.23. The number of imidazole rings is 1. The second-order valence-electron chi connectivity index (χ2n) is 7.36. The number of carbonyl (C=O) groups is 1. The number of aldehydes is 1. The van der Waals surface area contributed by atoms with E-state index in [2.05, 4.69) is 51.6 Å². The van der Waals surface area contributed by atoms with Gasteiger partial charge in [-0.1, -0.05) is 80.9 Å². The quantitative estimate of drug-likeness (QED) is 0.343. The van der Waals surface area contributed by atoms with Crippen molar-refractivity contribution < 1.29 is 4.79 Å². The van der Waals surface area contributed by atoms with E-state index >= 15 is 0 Å². The van der Waals surface area contributed by atoms with E-state index in [1.54, 1.807) is 7.05 Å². The molecule has 0 N–H and O–H groups in total. The number of halogens is 1. The zero-order valence-electron chi connectivity index (χ0n) is 17.5. The Bertz CT molecular complexity index is 1200. The lowest BCUT2D eigenvalue weighted by molar-refractivity contribution is 0.111. The van der Waals surface area contributed by atoms with Crippen LogP contribution in [0, 0.1) is 0 Å². The second kappa shape index (κ2) is 10.3. The second-order valence-corrected chi connectivity index (χ2v) is 7.71. The molecule has 0 unspecified atom stereocenters. The van der Waals surface area contributed by atoms with E-state index in [9.17, 15) is 4.79 Å². The Morgan fingerprint density at radius 2 is 1.78 bits per heavy atom. The Labute approximate surface area is 193 Å². The summed E-state index contributed by atoms with van der Waals surface area (Å²) < 4.78 is 1.91. The third kappa shape index (κ3) is 4.78. The molecule has 0 radical (unpaired) electrons. The van der Waals surface area contributed by atoms with Gasteiger partial charge >= 0.3 is 0 Å². The number of hydrogen-bond acceptors (Lipinski definition) is 5. The average molecular weight is 451 g/mol. The summed E-state index contributed by atoms with van der Waals surface area (Å²) in [5.74, 6) is 1.43. The Balaban J connectivity index is 0.00000289. The van der Waals surface area contributed by atoms with Crippen molar-refractivity contribution in [2.45, 2.75) is 40.2 Å². The van der Waals surface area contributed by atoms with Gasteiger partial charge in [0.25, 0.3) is 0 Å². The van der Waals surface area contributed by atoms with Crippen LogP contribution < -0.4 is 0 Å². The monoisotopic (exact) mass is 450 g/mol. The van der Waals surface area contributed by atoms with Gasteiger partial charge < -0.3 is 4.57 Å². The van der Waals surface area contributed by atoms with Crippen LogP contribution in [0.25, 0.3) is 22.5 Å². The van der Waals surface area contributed by atoms with Crippen LogP contribution in [0.5, 0.6) is 0 Å². The molecule has 0 atom stereocenters. The first-order valence-electron chi connectivity index (χ1n) is 10.2. The van der Waals surface area contributed by atoms with Gasteiger partial charge in [0.1, 0.15) is 11.5 Å². The summed E-state index contributed by atoms with van der Waals surface area (Å²) in [4.78, 5) is 17.4. The molecule has 0 saturated carbocycles. The topological polar surface area (TPSA) is 78.5 Å². The summed E-state index contributed by atoms with van der Waals surface area (Å²) in [7, 11) is 1.75. The number of carbonyl (C=O) groups excluding carboxylic acids is 1. The Hall–Kier alpha value is -3.32. The van der Waals surface area contributed by atoms with Crippen molar-refractivity contribution >= 4 is 17.9 Å². The Morgan fingerprint density at radius 3 is 2.41 bits per heavy atom. The fourth-order valence-electron chi connectivity index (χ4n) is 3.59. The van der Waals surface area contributed by atoms with E-state index in [1.165, 1.54) is 4.80 Å². The minimum atomic E-state index is 0. The molecule has 0 spiro atoms. The molecule has 0 fully saturated rings. The number of benzene rings is 2. The van der Waals surface area contributed by atoms with Crippen LogP contribution in [-0.2, 0) is 20.0 Å². The lowest BCUT2D eigenvalue weighted by Gasteiger charge is -2.11. The first kappa shape index (κ1) is 23.3. The van der Waals surface area contributed by atoms with E-state index < -0.39 is 0 Å². The van der Waals surface area contributed by atoms with Gasteiger partial charge in [-0.25, -0.2) is 4.98 Å². The van der Waals surface area contributed by atoms with Crippen molar-refractivity contribution in [2.75, 3.05) is 0 Å². The van der Waals surface area contributed by atoms with Crippen molar-refractivity contribution in [1.29, 1.82) is 0 Å². The summed E-state index contributed by atoms with van der Waals surface area (Å²) in [6.45, 7) is 2.67. The molecule has 7 nitrogen and oxygen atoms in total. The Kier molecular flexibility index (Phi) is 7.53. The van der Waals surface area contributed by atoms with Gasteiger partial charge in [-0.2, -0.15) is 4.80 Å². The molecule has 0 amide bonds. The van der Waals surface area contributed by atoms with Crippen LogP contribution in [0.1, 0.15) is 49.1 Å². The first-order valence-corrected chi connectivity index (χ1v) is 10.6. The molecule has 0 saturated heterocycles. The first-order chi connectivity index (χ1) is 15.1. The van der Waals surface area contributed by atoms with Gasteiger partial charge in [0.2, 0.25) is 5.82 Å². The zero-order chi connectivity index (χ0) is 21.8. The molecule has 4 aromatic rings. The SMILES string of the molecule is C.CCCCc1nc(Cl)c(C=O)n1Cc1ccc(-c2ccccc2-c2nnn(C)n2)cc1. The summed E-state index contributed by atoms with van der Waals surface area (Å²) in [5, 5.41) is 12.7. The highest BCUT2D eigenvalue weighted by Crippen LogP contribution is 2.30. The molecule has 2 aromatic heterocycles. The lowest BCUT2D eigenvalue weighted by Crippen LogP contribution is -2.08. The predicted molar refractivity (Wildman–Crippen MR) is 127 cm³/mol. The van der Waals surface area contributed by atoms with Crippen LogP contribution >= 0.6 is 11.6 Å². The van der Waals surface area contributed by atoms with Crippen molar-refractivity contribution in [3.8, 4) is 22.5 Å². The number of rotatable bonds is 8. The van der Waals surface area contributed by atoms with Crippen molar-refractivity contribution in [3.05, 3.63) is 70.8 Å². The van der Waals surface area contributed by atoms with Gasteiger partial charge in [-0.3, -0.25) is 4.79 Å². The zero-order valence-corrected chi connectivity index (χ0v) is 18.3. The summed E-state index contributed by atoms with van der Waals surface area (Å²) in [6, 6.07) is 16.2. The van der Waals surface area contributed by atoms with Crippen molar-refractivity contribution in [2.24, 2.45) is 7.05 Å². The number of aromatic nitrogens is 6. The van der Waals surface area contributed by atoms with Crippen LogP contribution in [0.4, 0.5) is 0 Å². The molecule has 32 heavy (non-hydrogen) atoms. The normalized spacial score (nSPS) is 10.7. The Morgan fingerprint density at radius 1 is 1.06 bits per heavy atom. The summed E-state index contributed by atoms with van der Waals surface area (Å²) in [6.07, 6.45) is 3.62. The van der Waals surface area contributed by atoms with Crippen molar-refractivity contribution in [1.82, 2.24) is 29.8 Å². The average Bonchev–Trinajstić information content (AvgIpc) is 3.35. The molecule has 0 aliphatic carbocycles. The molecule has 4 rings (SSSR count). The number of nitrogens with zero attached hydrogens (tertiary/aromatic N) is 6. The fraction of sp³-hybridized carbons (Fsp3) is 0.292. The molecule has 2 aromatic carbocycles. The molecule has 0 bridgehead atoms. The molecular formula is C24H27ClN6O. The van der Waals surface area contributed by atoms with Crippen LogP contribution in [0.3, 0.4) is 0 Å². The summed E-state index contributed by atoms with van der Waals surface area (Å²) in [5.41, 5.74) is 4.50. The van der Waals surface area contributed by atoms with Crippen molar-refractivity contribution in [3.63, 3.8) is 0 Å². The van der Waals surface area contributed by atoms with Crippen LogP contribution in [-0.4, -0.2) is 36.0 Å². The number of aryl methyl sites for hydroxylation is 2. The largest absolute Gasteiger partial charge is 0.320 e. The van der Waals surface area contributed by atoms with Gasteiger partial charge in [0.15, 0.2) is 11.4 Å². The maximum atomic E-state index is 11.6. The summed E-state index contributed by atoms with van der Waals surface area (Å²) >= 11 is 6.20. The highest BCUT2D eigenvalue weighted by atomic mass is 35.5. The van der Waals surface area contributed by atoms with Gasteiger partial charge in [0.05, 0.1) is 7.05 Å². The van der Waals surface area contributed by atoms with Gasteiger partial charge in [0, 0.05) is 18.5 Å². The molecule has 8 heteroatoms. The standard InChI is InChI=1S/C23H23ClN6O.CH4/c1-3-4-9-21-25-22(24)20(15-31)30(21)14-16-10-12-17(13-11-16)18-7-5-6-8-19(18)23-26-28-29(2)27-23;/h5-8,10-13,15H,3-4,9,14H2,1-2H3;1H4. The molecule has 2 heterocycles. The third-order valence-electron chi connectivity index (χ3n) is 5.19. The van der Waals surface area contributed by atoms with Crippen LogP contribution in [0.2, 0.25) is 5.15 Å². The minimum absolute atomic E-state index is 0. The maximum Gasteiger partial charge on any atom is 0.205 e. The smallest absolute Gasteiger partial charge is 0.205 e. The van der Waals surface area contributed by atoms with Gasteiger partial charge in [-0.05, 0) is 28.3 Å². The van der Waals surface area contributed by atoms with E-state index in [0.29, 0.717) is 18.1 Å². The third-order valence-corrected chi connectivity index (χ3v) is 5.47. The van der Waals surface area contributed by atoms with Gasteiger partial charge in [-0.15, -0.1) is 10.2 Å². The molecule has 0 aliphatic rings. The van der Waals surface area contributed by atoms with E-state index in [4.69, 9.17) is 11.6 Å². The molecule has 166 valence electrons. The number of unbranched alkanes of at least 4 members (excludes halogenated alkanes) is 1. The van der Waals surface area contributed by atoms with E-state index in [0.717, 1.165) is 53.6 Å². The van der Waals surface area contributed by atoms with Crippen LogP contribution in [0.15, 0.2) is 48.5 Å². The fourth-order valence-corrected chi connectivity index (χ4v) is 3.83. The number of tetrazole rings is 1. The lowest BCUT2D eigenvalue weighted by atomic mass is 9.98. The van der Waals surface area contributed by atoms with E-state index in [1.807, 2.05) is 28.8 Å².